The van der Waals surface area contributed by atoms with Crippen LogP contribution in [0.1, 0.15) is 290 Å². The van der Waals surface area contributed by atoms with Crippen LogP contribution in [0, 0.1) is 0 Å². The number of nitrogens with one attached hydrogen (secondary N) is 1. The van der Waals surface area contributed by atoms with Crippen LogP contribution in [0.5, 0.6) is 0 Å². The molecule has 0 aromatic rings. The molecule has 1 amide bonds. The molecule has 0 spiro atoms. The fourth-order valence-electron chi connectivity index (χ4n) is 9.35. The van der Waals surface area contributed by atoms with Crippen LogP contribution in [0.4, 0.5) is 0 Å². The fourth-order valence-corrected chi connectivity index (χ4v) is 10.1. The minimum absolute atomic E-state index is 0.0332. The van der Waals surface area contributed by atoms with Crippen LogP contribution < -0.4 is 5.32 Å². The van der Waals surface area contributed by atoms with E-state index in [9.17, 15) is 19.0 Å². The van der Waals surface area contributed by atoms with Crippen molar-refractivity contribution in [1.29, 1.82) is 0 Å². The summed E-state index contributed by atoms with van der Waals surface area (Å²) in [7, 11) is 1.48. The predicted molar refractivity (Wildman–Crippen MR) is 350 cm³/mol. The number of ether oxygens (including phenoxy) is 1. The van der Waals surface area contributed by atoms with Gasteiger partial charge in [0, 0.05) is 12.8 Å². The summed E-state index contributed by atoms with van der Waals surface area (Å²) >= 11 is 0. The first-order chi connectivity index (χ1) is 39.4. The molecule has 2 N–H and O–H groups in total. The topological polar surface area (TPSA) is 111 Å². The van der Waals surface area contributed by atoms with E-state index in [1.165, 1.54) is 141 Å². The maximum atomic E-state index is 13.6. The number of nitrogens with zero attached hydrogens (tertiary/aromatic N) is 1. The minimum atomic E-state index is -4.46. The van der Waals surface area contributed by atoms with E-state index in [-0.39, 0.29) is 31.5 Å². The number of rotatable bonds is 60. The summed E-state index contributed by atoms with van der Waals surface area (Å²) in [5, 5.41) is 3.05. The van der Waals surface area contributed by atoms with Crippen molar-refractivity contribution < 1.29 is 37.3 Å². The van der Waals surface area contributed by atoms with Gasteiger partial charge in [0.1, 0.15) is 19.3 Å². The second-order valence-electron chi connectivity index (χ2n) is 23.6. The molecule has 0 aliphatic heterocycles. The van der Waals surface area contributed by atoms with Gasteiger partial charge in [0.15, 0.2) is 0 Å². The Morgan fingerprint density at radius 2 is 0.790 bits per heavy atom. The zero-order valence-electron chi connectivity index (χ0n) is 53.5. The number of phosphoric ester groups is 1. The number of phosphoric acid groups is 1. The zero-order valence-corrected chi connectivity index (χ0v) is 54.4. The van der Waals surface area contributed by atoms with Gasteiger partial charge in [0.05, 0.1) is 33.8 Å². The molecule has 468 valence electrons. The van der Waals surface area contributed by atoms with Crippen LogP contribution in [0.15, 0.2) is 97.2 Å². The maximum Gasteiger partial charge on any atom is 0.472 e. The van der Waals surface area contributed by atoms with Crippen LogP contribution >= 0.6 is 7.82 Å². The Morgan fingerprint density at radius 1 is 0.444 bits per heavy atom. The van der Waals surface area contributed by atoms with E-state index in [0.717, 1.165) is 116 Å². The third-order valence-electron chi connectivity index (χ3n) is 14.5. The average molecular weight is 1150 g/mol. The Balaban J connectivity index is 5.10. The molecule has 81 heavy (non-hydrogen) atoms. The monoisotopic (exact) mass is 1150 g/mol. The molecule has 0 aliphatic rings. The fraction of sp³-hybridized carbons (Fsp3) is 0.746. The van der Waals surface area contributed by atoms with Gasteiger partial charge in [-0.25, -0.2) is 4.57 Å². The van der Waals surface area contributed by atoms with Gasteiger partial charge in [-0.1, -0.05) is 266 Å². The highest BCUT2D eigenvalue weighted by molar-refractivity contribution is 7.47. The molecule has 10 heteroatoms. The number of carbonyl (C=O) groups excluding carboxylic acids is 2. The maximum absolute atomic E-state index is 13.6. The van der Waals surface area contributed by atoms with Crippen LogP contribution in [0.25, 0.3) is 0 Å². The lowest BCUT2D eigenvalue weighted by atomic mass is 10.0. The zero-order chi connectivity index (χ0) is 59.3. The van der Waals surface area contributed by atoms with Crippen molar-refractivity contribution >= 4 is 19.7 Å². The molecule has 0 saturated carbocycles. The van der Waals surface area contributed by atoms with Crippen molar-refractivity contribution in [3.8, 4) is 0 Å². The molecular formula is C71H128N2O7P+. The van der Waals surface area contributed by atoms with Gasteiger partial charge in [-0.2, -0.15) is 0 Å². The number of unbranched alkanes of at least 4 members (excludes halogenated alkanes) is 30. The predicted octanol–water partition coefficient (Wildman–Crippen LogP) is 21.1. The number of likely N-dealkylation sites (N-methyl/N-ethyl adjacent to an activating group) is 1. The molecule has 0 aliphatic carbocycles. The van der Waals surface area contributed by atoms with Crippen molar-refractivity contribution in [3.63, 3.8) is 0 Å². The molecule has 0 aromatic carbocycles. The summed E-state index contributed by atoms with van der Waals surface area (Å²) in [5.41, 5.74) is 0. The first-order valence-corrected chi connectivity index (χ1v) is 35.1. The molecule has 0 fully saturated rings. The molecular weight excluding hydrogens is 1020 g/mol. The average Bonchev–Trinajstić information content (AvgIpc) is 3.44. The van der Waals surface area contributed by atoms with Gasteiger partial charge in [-0.05, 0) is 109 Å². The van der Waals surface area contributed by atoms with Crippen LogP contribution in [-0.4, -0.2) is 74.3 Å². The number of quaternary nitrogens is 1. The molecule has 0 saturated heterocycles. The van der Waals surface area contributed by atoms with Gasteiger partial charge in [0.2, 0.25) is 5.91 Å². The highest BCUT2D eigenvalue weighted by Gasteiger charge is 2.30. The summed E-state index contributed by atoms with van der Waals surface area (Å²) in [6.45, 7) is 6.87. The van der Waals surface area contributed by atoms with Gasteiger partial charge in [-0.15, -0.1) is 0 Å². The lowest BCUT2D eigenvalue weighted by molar-refractivity contribution is -0.870. The van der Waals surface area contributed by atoms with Crippen molar-refractivity contribution in [2.45, 2.75) is 303 Å². The molecule has 0 radical (unpaired) electrons. The van der Waals surface area contributed by atoms with Crippen LogP contribution in [0.3, 0.4) is 0 Å². The quantitative estimate of drug-likeness (QED) is 0.0205. The number of allylic oxidation sites excluding steroid dienone is 15. The Bertz CT molecular complexity index is 1710. The van der Waals surface area contributed by atoms with E-state index in [0.29, 0.717) is 17.4 Å². The number of amides is 1. The summed E-state index contributed by atoms with van der Waals surface area (Å²) in [6, 6.07) is -0.862. The molecule has 3 atom stereocenters. The van der Waals surface area contributed by atoms with E-state index in [1.54, 1.807) is 0 Å². The van der Waals surface area contributed by atoms with E-state index >= 15 is 0 Å². The summed E-state index contributed by atoms with van der Waals surface area (Å²) in [4.78, 5) is 37.8. The lowest BCUT2D eigenvalue weighted by Gasteiger charge is -2.27. The van der Waals surface area contributed by atoms with Gasteiger partial charge >= 0.3 is 13.8 Å². The first-order valence-electron chi connectivity index (χ1n) is 33.6. The van der Waals surface area contributed by atoms with E-state index in [2.05, 4.69) is 111 Å². The summed E-state index contributed by atoms with van der Waals surface area (Å²) < 4.78 is 30.7. The Kier molecular flexibility index (Phi) is 57.8. The Hall–Kier alpha value is -3.07. The summed E-state index contributed by atoms with van der Waals surface area (Å²) in [5.74, 6) is -0.523. The lowest BCUT2D eigenvalue weighted by Crippen LogP contribution is -2.47. The third-order valence-corrected chi connectivity index (χ3v) is 15.5. The molecule has 9 nitrogen and oxygen atoms in total. The van der Waals surface area contributed by atoms with Crippen LogP contribution in [0.2, 0.25) is 0 Å². The van der Waals surface area contributed by atoms with Gasteiger partial charge in [-0.3, -0.25) is 18.6 Å². The number of hydrogen-bond acceptors (Lipinski definition) is 6. The normalized spacial score (nSPS) is 14.2. The Morgan fingerprint density at radius 3 is 1.21 bits per heavy atom. The number of esters is 1. The van der Waals surface area contributed by atoms with E-state index in [1.807, 2.05) is 33.3 Å². The smallest absolute Gasteiger partial charge is 0.456 e. The van der Waals surface area contributed by atoms with Crippen molar-refractivity contribution in [2.75, 3.05) is 40.9 Å². The highest BCUT2D eigenvalue weighted by Crippen LogP contribution is 2.43. The highest BCUT2D eigenvalue weighted by atomic mass is 31.2. The van der Waals surface area contributed by atoms with Crippen LogP contribution in [-0.2, 0) is 27.9 Å². The standard InChI is InChI=1S/C71H127N2O7P/c1-7-10-13-16-19-22-25-28-30-32-33-34-35-36-37-38-39-40-41-42-44-46-49-52-55-58-61-64-71(75)80-69(62-59-56-53-50-47-27-24-21-18-15-12-9-3)68(67-79-81(76,77)78-66-65-73(4,5)6)72-70(74)63-60-57-54-51-48-45-43-31-29-26-23-20-17-14-11-8-2/h11,14,19-20,22-23,28-31,33-34,36-37,59,62,68-69H,7-10,12-13,15-18,21,24-27,32,35,38-58,60-61,63-67H2,1-6H3,(H-,72,74,76,77)/p+1/b14-11+,22-19-,23-20+,30-28-,31-29+,34-33-,37-36-,62-59-. The second-order valence-corrected chi connectivity index (χ2v) is 25.1. The molecule has 0 bridgehead atoms. The second kappa shape index (κ2) is 60.1. The number of hydrogen-bond donors (Lipinski definition) is 2. The van der Waals surface area contributed by atoms with Gasteiger partial charge in [0.25, 0.3) is 0 Å². The largest absolute Gasteiger partial charge is 0.472 e. The first kappa shape index (κ1) is 77.9. The Labute approximate surface area is 500 Å². The number of carbonyl (C=O) groups is 2. The molecule has 0 rings (SSSR count). The molecule has 0 heterocycles. The van der Waals surface area contributed by atoms with Gasteiger partial charge < -0.3 is 19.4 Å². The van der Waals surface area contributed by atoms with E-state index < -0.39 is 20.0 Å². The third kappa shape index (κ3) is 61.3. The molecule has 0 aromatic heterocycles. The molecule has 3 unspecified atom stereocenters. The van der Waals surface area contributed by atoms with E-state index in [4.69, 9.17) is 13.8 Å². The van der Waals surface area contributed by atoms with Crippen molar-refractivity contribution in [1.82, 2.24) is 5.32 Å². The van der Waals surface area contributed by atoms with Crippen molar-refractivity contribution in [2.24, 2.45) is 0 Å². The summed E-state index contributed by atoms with van der Waals surface area (Å²) in [6.07, 6.45) is 81.3. The van der Waals surface area contributed by atoms with Crippen molar-refractivity contribution in [3.05, 3.63) is 97.2 Å². The minimum Gasteiger partial charge on any atom is -0.456 e. The SMILES string of the molecule is CC/C=C/C/C=C/C/C=C/CCCCCCCCC(=O)NC(COP(=O)(O)OCC[N+](C)(C)C)C(/C=C\CCCCCCCCCCCC)OC(=O)CCCCCCCCCCCCC/C=C\C/C=C\C/C=C\C/C=C\CCCCC.